The smallest absolute Gasteiger partial charge is 0.0399 e. The van der Waals surface area contributed by atoms with Gasteiger partial charge in [0.1, 0.15) is 0 Å². The molecule has 2 unspecified atom stereocenters. The maximum Gasteiger partial charge on any atom is 0.0399 e. The number of nitrogens with zero attached hydrogens (tertiary/aromatic N) is 3. The Labute approximate surface area is 116 Å². The summed E-state index contributed by atoms with van der Waals surface area (Å²) >= 11 is 0. The van der Waals surface area contributed by atoms with Crippen LogP contribution in [0.2, 0.25) is 0 Å². The highest BCUT2D eigenvalue weighted by Crippen LogP contribution is 2.29. The molecule has 19 heavy (non-hydrogen) atoms. The van der Waals surface area contributed by atoms with E-state index in [0.29, 0.717) is 6.04 Å². The zero-order valence-electron chi connectivity index (χ0n) is 12.2. The molecule has 2 atom stereocenters. The molecule has 4 heteroatoms. The summed E-state index contributed by atoms with van der Waals surface area (Å²) in [4.78, 5) is 4.93. The summed E-state index contributed by atoms with van der Waals surface area (Å²) in [6.07, 6.45) is 5.82. The van der Waals surface area contributed by atoms with E-state index >= 15 is 0 Å². The maximum atomic E-state index is 6.21. The molecule has 0 saturated carbocycles. The van der Waals surface area contributed by atoms with E-state index in [1.54, 1.807) is 0 Å². The number of hydrogen-bond donors (Lipinski definition) is 1. The molecule has 2 N–H and O–H groups in total. The van der Waals surface area contributed by atoms with Gasteiger partial charge in [-0.25, -0.2) is 0 Å². The molecule has 1 aromatic rings. The quantitative estimate of drug-likeness (QED) is 0.866. The summed E-state index contributed by atoms with van der Waals surface area (Å²) in [6.45, 7) is 4.62. The molecule has 0 aromatic carbocycles. The summed E-state index contributed by atoms with van der Waals surface area (Å²) in [6, 6.07) is 3.12. The Hall–Kier alpha value is -0.840. The second kappa shape index (κ2) is 5.27. The molecule has 1 fully saturated rings. The SMILES string of the molecule is CN1CCN(C)C(Cn2ccc3c2CCCC3N)C1. The first-order chi connectivity index (χ1) is 9.15. The number of hydrogen-bond acceptors (Lipinski definition) is 3. The van der Waals surface area contributed by atoms with E-state index < -0.39 is 0 Å². The molecule has 4 nitrogen and oxygen atoms in total. The molecule has 106 valence electrons. The van der Waals surface area contributed by atoms with Crippen LogP contribution < -0.4 is 5.73 Å². The zero-order valence-corrected chi connectivity index (χ0v) is 12.2. The number of rotatable bonds is 2. The fourth-order valence-corrected chi connectivity index (χ4v) is 3.49. The third-order valence-electron chi connectivity index (χ3n) is 4.83. The van der Waals surface area contributed by atoms with Crippen LogP contribution in [0.3, 0.4) is 0 Å². The van der Waals surface area contributed by atoms with E-state index in [2.05, 4.69) is 40.7 Å². The lowest BCUT2D eigenvalue weighted by Crippen LogP contribution is -2.51. The van der Waals surface area contributed by atoms with Crippen molar-refractivity contribution in [2.24, 2.45) is 5.73 Å². The van der Waals surface area contributed by atoms with Crippen molar-refractivity contribution >= 4 is 0 Å². The van der Waals surface area contributed by atoms with Crippen molar-refractivity contribution in [2.75, 3.05) is 33.7 Å². The molecule has 0 bridgehead atoms. The van der Waals surface area contributed by atoms with Crippen molar-refractivity contribution in [2.45, 2.75) is 37.9 Å². The van der Waals surface area contributed by atoms with Crippen LogP contribution in [0.4, 0.5) is 0 Å². The number of aromatic nitrogens is 1. The third-order valence-corrected chi connectivity index (χ3v) is 4.83. The fourth-order valence-electron chi connectivity index (χ4n) is 3.49. The Kier molecular flexibility index (Phi) is 3.65. The minimum atomic E-state index is 0.261. The van der Waals surface area contributed by atoms with Crippen molar-refractivity contribution in [1.82, 2.24) is 14.4 Å². The molecular weight excluding hydrogens is 236 g/mol. The molecule has 0 radical (unpaired) electrons. The van der Waals surface area contributed by atoms with E-state index in [4.69, 9.17) is 5.73 Å². The van der Waals surface area contributed by atoms with Crippen molar-refractivity contribution in [3.63, 3.8) is 0 Å². The highest BCUT2D eigenvalue weighted by molar-refractivity contribution is 5.28. The topological polar surface area (TPSA) is 37.4 Å². The van der Waals surface area contributed by atoms with Gasteiger partial charge in [0.25, 0.3) is 0 Å². The highest BCUT2D eigenvalue weighted by Gasteiger charge is 2.25. The summed E-state index contributed by atoms with van der Waals surface area (Å²) in [5.74, 6) is 0. The van der Waals surface area contributed by atoms with E-state index in [0.717, 1.165) is 19.5 Å². The average molecular weight is 262 g/mol. The van der Waals surface area contributed by atoms with Gasteiger partial charge in [-0.15, -0.1) is 0 Å². The van der Waals surface area contributed by atoms with Gasteiger partial charge in [-0.2, -0.15) is 0 Å². The van der Waals surface area contributed by atoms with Gasteiger partial charge in [0, 0.05) is 50.2 Å². The van der Waals surface area contributed by atoms with Gasteiger partial charge in [-0.1, -0.05) is 0 Å². The van der Waals surface area contributed by atoms with Crippen LogP contribution in [0.5, 0.6) is 0 Å². The summed E-state index contributed by atoms with van der Waals surface area (Å²) in [5, 5.41) is 0. The molecule has 0 spiro atoms. The first kappa shape index (κ1) is 13.2. The van der Waals surface area contributed by atoms with E-state index in [1.807, 2.05) is 0 Å². The molecular formula is C15H26N4. The monoisotopic (exact) mass is 262 g/mol. The summed E-state index contributed by atoms with van der Waals surface area (Å²) in [7, 11) is 4.47. The van der Waals surface area contributed by atoms with Crippen LogP contribution in [-0.4, -0.2) is 54.1 Å². The zero-order chi connectivity index (χ0) is 13.4. The Morgan fingerprint density at radius 1 is 1.32 bits per heavy atom. The van der Waals surface area contributed by atoms with E-state index in [-0.39, 0.29) is 6.04 Å². The third kappa shape index (κ3) is 2.57. The van der Waals surface area contributed by atoms with Gasteiger partial charge >= 0.3 is 0 Å². The van der Waals surface area contributed by atoms with Crippen LogP contribution in [0.1, 0.15) is 30.1 Å². The molecule has 1 aliphatic heterocycles. The lowest BCUT2D eigenvalue weighted by Gasteiger charge is -2.38. The lowest BCUT2D eigenvalue weighted by atomic mass is 9.93. The molecule has 1 aliphatic carbocycles. The van der Waals surface area contributed by atoms with Crippen molar-refractivity contribution in [1.29, 1.82) is 0 Å². The van der Waals surface area contributed by atoms with E-state index in [1.165, 1.54) is 37.2 Å². The van der Waals surface area contributed by atoms with Gasteiger partial charge < -0.3 is 15.2 Å². The highest BCUT2D eigenvalue weighted by atomic mass is 15.3. The summed E-state index contributed by atoms with van der Waals surface area (Å²) in [5.41, 5.74) is 9.08. The Balaban J connectivity index is 1.76. The second-order valence-corrected chi connectivity index (χ2v) is 6.27. The van der Waals surface area contributed by atoms with Crippen LogP contribution in [0, 0.1) is 0 Å². The molecule has 1 saturated heterocycles. The van der Waals surface area contributed by atoms with Crippen LogP contribution in [0.15, 0.2) is 12.3 Å². The summed E-state index contributed by atoms with van der Waals surface area (Å²) < 4.78 is 2.45. The number of likely N-dealkylation sites (N-methyl/N-ethyl adjacent to an activating group) is 2. The van der Waals surface area contributed by atoms with Gasteiger partial charge in [0.2, 0.25) is 0 Å². The van der Waals surface area contributed by atoms with Gasteiger partial charge in [-0.3, -0.25) is 4.90 Å². The van der Waals surface area contributed by atoms with Gasteiger partial charge in [0.15, 0.2) is 0 Å². The fraction of sp³-hybridized carbons (Fsp3) is 0.733. The predicted octanol–water partition coefficient (Wildman–Crippen LogP) is 1.07. The normalized spacial score (nSPS) is 29.4. The van der Waals surface area contributed by atoms with Gasteiger partial charge in [0.05, 0.1) is 0 Å². The number of fused-ring (bicyclic) bond motifs is 1. The van der Waals surface area contributed by atoms with Crippen LogP contribution >= 0.6 is 0 Å². The number of nitrogens with two attached hydrogens (primary N) is 1. The molecule has 3 rings (SSSR count). The Bertz CT molecular complexity index is 439. The molecule has 2 aliphatic rings. The van der Waals surface area contributed by atoms with Crippen LogP contribution in [0.25, 0.3) is 0 Å². The predicted molar refractivity (Wildman–Crippen MR) is 78.2 cm³/mol. The van der Waals surface area contributed by atoms with Crippen molar-refractivity contribution in [3.8, 4) is 0 Å². The molecule has 1 aromatic heterocycles. The number of piperazine rings is 1. The lowest BCUT2D eigenvalue weighted by molar-refractivity contribution is 0.102. The molecule has 0 amide bonds. The standard InChI is InChI=1S/C15H26N4/c1-17-8-9-18(2)12(10-17)11-19-7-6-13-14(16)4-3-5-15(13)19/h6-7,12,14H,3-5,8-11,16H2,1-2H3. The maximum absolute atomic E-state index is 6.21. The minimum absolute atomic E-state index is 0.261. The van der Waals surface area contributed by atoms with E-state index in [9.17, 15) is 0 Å². The Morgan fingerprint density at radius 2 is 2.16 bits per heavy atom. The average Bonchev–Trinajstić information content (AvgIpc) is 2.79. The Morgan fingerprint density at radius 3 is 3.00 bits per heavy atom. The van der Waals surface area contributed by atoms with Crippen molar-refractivity contribution < 1.29 is 0 Å². The van der Waals surface area contributed by atoms with Crippen LogP contribution in [-0.2, 0) is 13.0 Å². The largest absolute Gasteiger partial charge is 0.349 e. The van der Waals surface area contributed by atoms with Crippen molar-refractivity contribution in [3.05, 3.63) is 23.5 Å². The second-order valence-electron chi connectivity index (χ2n) is 6.27. The first-order valence-corrected chi connectivity index (χ1v) is 7.47. The first-order valence-electron chi connectivity index (χ1n) is 7.47. The van der Waals surface area contributed by atoms with Gasteiger partial charge in [-0.05, 0) is 45.0 Å². The minimum Gasteiger partial charge on any atom is -0.349 e. The molecule has 2 heterocycles.